The molecule has 0 amide bonds. The monoisotopic (exact) mass is 383 g/mol. The fraction of sp³-hybridized carbons (Fsp3) is 0.429. The minimum absolute atomic E-state index is 0.486. The highest BCUT2D eigenvalue weighted by Gasteiger charge is 2.30. The summed E-state index contributed by atoms with van der Waals surface area (Å²) in [5, 5.41) is 9.94. The van der Waals surface area contributed by atoms with Crippen LogP contribution in [0.5, 0.6) is 11.5 Å². The SMILES string of the molecule is O=C(O)[C@H](c1ccc2c(c1)OCCO2)N1CCCN(Cc2ccccn2)CC1. The van der Waals surface area contributed by atoms with Crippen LogP contribution in [0.15, 0.2) is 42.6 Å². The van der Waals surface area contributed by atoms with Crippen LogP contribution in [0, 0.1) is 0 Å². The third-order valence-corrected chi connectivity index (χ3v) is 5.22. The van der Waals surface area contributed by atoms with E-state index < -0.39 is 12.0 Å². The Bertz CT molecular complexity index is 815. The molecule has 3 heterocycles. The second kappa shape index (κ2) is 8.58. The Labute approximate surface area is 164 Å². The van der Waals surface area contributed by atoms with Gasteiger partial charge in [0, 0.05) is 32.4 Å². The van der Waals surface area contributed by atoms with E-state index in [0.717, 1.165) is 43.9 Å². The molecule has 0 spiro atoms. The van der Waals surface area contributed by atoms with Crippen LogP contribution in [0.1, 0.15) is 23.7 Å². The van der Waals surface area contributed by atoms with Gasteiger partial charge < -0.3 is 14.6 Å². The Kier molecular flexibility index (Phi) is 5.73. The topological polar surface area (TPSA) is 75.1 Å². The molecule has 0 unspecified atom stereocenters. The molecule has 1 aromatic heterocycles. The normalized spacial score (nSPS) is 19.0. The lowest BCUT2D eigenvalue weighted by molar-refractivity contribution is -0.143. The van der Waals surface area contributed by atoms with Crippen molar-refractivity contribution in [3.05, 3.63) is 53.9 Å². The number of hydrogen-bond acceptors (Lipinski definition) is 6. The molecule has 1 fully saturated rings. The van der Waals surface area contributed by atoms with Crippen LogP contribution in [0.2, 0.25) is 0 Å². The molecule has 4 rings (SSSR count). The maximum absolute atomic E-state index is 12.1. The molecule has 0 saturated carbocycles. The Morgan fingerprint density at radius 3 is 2.71 bits per heavy atom. The molecule has 0 radical (unpaired) electrons. The Hall–Kier alpha value is -2.64. The predicted octanol–water partition coefficient (Wildman–Crippen LogP) is 2.19. The predicted molar refractivity (Wildman–Crippen MR) is 104 cm³/mol. The highest BCUT2D eigenvalue weighted by atomic mass is 16.6. The van der Waals surface area contributed by atoms with Gasteiger partial charge in [0.25, 0.3) is 0 Å². The van der Waals surface area contributed by atoms with E-state index in [1.54, 1.807) is 0 Å². The summed E-state index contributed by atoms with van der Waals surface area (Å²) in [5.41, 5.74) is 1.77. The number of ether oxygens (including phenoxy) is 2. The molecular formula is C21H25N3O4. The van der Waals surface area contributed by atoms with Crippen LogP contribution in [0.3, 0.4) is 0 Å². The molecule has 1 saturated heterocycles. The zero-order chi connectivity index (χ0) is 19.3. The first kappa shape index (κ1) is 18.7. The van der Waals surface area contributed by atoms with Gasteiger partial charge in [0.05, 0.1) is 5.69 Å². The van der Waals surface area contributed by atoms with Crippen LogP contribution < -0.4 is 9.47 Å². The van der Waals surface area contributed by atoms with Gasteiger partial charge in [-0.1, -0.05) is 12.1 Å². The van der Waals surface area contributed by atoms with Crippen molar-refractivity contribution in [2.45, 2.75) is 19.0 Å². The van der Waals surface area contributed by atoms with Gasteiger partial charge in [-0.15, -0.1) is 0 Å². The van der Waals surface area contributed by atoms with Crippen molar-refractivity contribution in [3.63, 3.8) is 0 Å². The first-order chi connectivity index (χ1) is 13.7. The van der Waals surface area contributed by atoms with Gasteiger partial charge in [-0.05, 0) is 42.8 Å². The number of fused-ring (bicyclic) bond motifs is 1. The molecule has 1 atom stereocenters. The minimum atomic E-state index is -0.838. The smallest absolute Gasteiger partial charge is 0.325 e. The largest absolute Gasteiger partial charge is 0.486 e. The lowest BCUT2D eigenvalue weighted by atomic mass is 10.0. The molecule has 2 aliphatic heterocycles. The van der Waals surface area contributed by atoms with Gasteiger partial charge in [0.15, 0.2) is 11.5 Å². The van der Waals surface area contributed by atoms with Gasteiger partial charge in [-0.2, -0.15) is 0 Å². The fourth-order valence-corrected chi connectivity index (χ4v) is 3.87. The van der Waals surface area contributed by atoms with E-state index in [1.165, 1.54) is 0 Å². The number of pyridine rings is 1. The maximum Gasteiger partial charge on any atom is 0.325 e. The van der Waals surface area contributed by atoms with E-state index in [9.17, 15) is 9.90 Å². The van der Waals surface area contributed by atoms with E-state index in [0.29, 0.717) is 31.3 Å². The summed E-state index contributed by atoms with van der Waals surface area (Å²) in [6.07, 6.45) is 2.73. The van der Waals surface area contributed by atoms with E-state index in [2.05, 4.69) is 9.88 Å². The van der Waals surface area contributed by atoms with Crippen LogP contribution in [0.4, 0.5) is 0 Å². The van der Waals surface area contributed by atoms with Crippen molar-refractivity contribution in [2.24, 2.45) is 0 Å². The van der Waals surface area contributed by atoms with Gasteiger partial charge in [0.1, 0.15) is 19.3 Å². The lowest BCUT2D eigenvalue weighted by Gasteiger charge is -2.29. The quantitative estimate of drug-likeness (QED) is 0.848. The van der Waals surface area contributed by atoms with Crippen LogP contribution in [-0.4, -0.2) is 65.3 Å². The number of nitrogens with zero attached hydrogens (tertiary/aromatic N) is 3. The summed E-state index contributed by atoms with van der Waals surface area (Å²) in [6.45, 7) is 4.97. The van der Waals surface area contributed by atoms with Gasteiger partial charge >= 0.3 is 5.97 Å². The molecule has 148 valence electrons. The molecule has 7 nitrogen and oxygen atoms in total. The zero-order valence-electron chi connectivity index (χ0n) is 15.8. The number of aliphatic carboxylic acids is 1. The second-order valence-electron chi connectivity index (χ2n) is 7.13. The summed E-state index contributed by atoms with van der Waals surface area (Å²) in [5.74, 6) is 0.466. The third kappa shape index (κ3) is 4.26. The molecule has 28 heavy (non-hydrogen) atoms. The Morgan fingerprint density at radius 1 is 1.07 bits per heavy atom. The second-order valence-corrected chi connectivity index (χ2v) is 7.13. The van der Waals surface area contributed by atoms with Crippen molar-refractivity contribution in [1.82, 2.24) is 14.8 Å². The highest BCUT2D eigenvalue weighted by Crippen LogP contribution is 2.34. The molecule has 2 aliphatic rings. The van der Waals surface area contributed by atoms with Crippen molar-refractivity contribution >= 4 is 5.97 Å². The standard InChI is InChI=1S/C21H25N3O4/c25-21(26)20(16-5-6-18-19(14-16)28-13-12-27-18)24-9-3-8-23(10-11-24)15-17-4-1-2-7-22-17/h1-2,4-7,14,20H,3,8-13,15H2,(H,25,26)/t20-/m0/s1. The number of rotatable bonds is 5. The van der Waals surface area contributed by atoms with Gasteiger partial charge in [-0.25, -0.2) is 0 Å². The summed E-state index contributed by atoms with van der Waals surface area (Å²) < 4.78 is 11.2. The molecule has 1 aromatic carbocycles. The first-order valence-corrected chi connectivity index (χ1v) is 9.69. The van der Waals surface area contributed by atoms with Gasteiger partial charge in [-0.3, -0.25) is 19.6 Å². The number of carbonyl (C=O) groups is 1. The van der Waals surface area contributed by atoms with Crippen molar-refractivity contribution in [3.8, 4) is 11.5 Å². The first-order valence-electron chi connectivity index (χ1n) is 9.69. The molecule has 0 aliphatic carbocycles. The minimum Gasteiger partial charge on any atom is -0.486 e. The molecular weight excluding hydrogens is 358 g/mol. The van der Waals surface area contributed by atoms with Crippen LogP contribution in [-0.2, 0) is 11.3 Å². The summed E-state index contributed by atoms with van der Waals surface area (Å²) in [7, 11) is 0. The number of benzene rings is 1. The number of hydrogen-bond donors (Lipinski definition) is 1. The van der Waals surface area contributed by atoms with Crippen molar-refractivity contribution in [2.75, 3.05) is 39.4 Å². The number of carboxylic acid groups (broad SMARTS) is 1. The highest BCUT2D eigenvalue weighted by molar-refractivity contribution is 5.76. The summed E-state index contributed by atoms with van der Waals surface area (Å²) >= 11 is 0. The maximum atomic E-state index is 12.1. The van der Waals surface area contributed by atoms with Gasteiger partial charge in [0.2, 0.25) is 0 Å². The lowest BCUT2D eigenvalue weighted by Crippen LogP contribution is -2.37. The van der Waals surface area contributed by atoms with E-state index in [1.807, 2.05) is 47.5 Å². The Morgan fingerprint density at radius 2 is 1.93 bits per heavy atom. The average Bonchev–Trinajstić information content (AvgIpc) is 2.94. The average molecular weight is 383 g/mol. The van der Waals surface area contributed by atoms with Crippen LogP contribution >= 0.6 is 0 Å². The summed E-state index contributed by atoms with van der Waals surface area (Å²) in [4.78, 5) is 20.9. The third-order valence-electron chi connectivity index (χ3n) is 5.22. The molecule has 2 aromatic rings. The molecule has 1 N–H and O–H groups in total. The summed E-state index contributed by atoms with van der Waals surface area (Å²) in [6, 6.07) is 10.7. The van der Waals surface area contributed by atoms with Crippen LogP contribution in [0.25, 0.3) is 0 Å². The van der Waals surface area contributed by atoms with E-state index in [-0.39, 0.29) is 0 Å². The zero-order valence-corrected chi connectivity index (χ0v) is 15.8. The van der Waals surface area contributed by atoms with Crippen molar-refractivity contribution < 1.29 is 19.4 Å². The van der Waals surface area contributed by atoms with Crippen molar-refractivity contribution in [1.29, 1.82) is 0 Å². The van der Waals surface area contributed by atoms with E-state index in [4.69, 9.17) is 9.47 Å². The molecule has 7 heteroatoms. The molecule has 0 bridgehead atoms. The number of carboxylic acids is 1. The fourth-order valence-electron chi connectivity index (χ4n) is 3.87. The number of aromatic nitrogens is 1. The van der Waals surface area contributed by atoms with E-state index >= 15 is 0 Å². The Balaban J connectivity index is 1.47.